The van der Waals surface area contributed by atoms with Crippen LogP contribution in [-0.2, 0) is 24.2 Å². The fraction of sp³-hybridized carbons (Fsp3) is 0.143. The first-order valence-corrected chi connectivity index (χ1v) is 11.1. The number of H-pyrrole nitrogens is 1. The summed E-state index contributed by atoms with van der Waals surface area (Å²) in [7, 11) is 1.67. The van der Waals surface area contributed by atoms with Crippen molar-refractivity contribution in [2.75, 3.05) is 7.11 Å². The molecule has 6 heteroatoms. The molecule has 0 radical (unpaired) electrons. The molecule has 0 amide bonds. The number of fused-ring (bicyclic) bond motifs is 1. The van der Waals surface area contributed by atoms with Crippen molar-refractivity contribution in [3.63, 3.8) is 0 Å². The molecular weight excluding hydrogens is 426 g/mol. The van der Waals surface area contributed by atoms with E-state index in [9.17, 15) is 9.90 Å². The third-order valence-corrected chi connectivity index (χ3v) is 5.80. The molecule has 3 aromatic rings. The van der Waals surface area contributed by atoms with Crippen LogP contribution >= 0.6 is 0 Å². The Morgan fingerprint density at radius 1 is 0.912 bits per heavy atom. The van der Waals surface area contributed by atoms with E-state index in [0.717, 1.165) is 33.6 Å². The normalized spacial score (nSPS) is 11.2. The maximum atomic E-state index is 13.4. The Morgan fingerprint density at radius 3 is 2.47 bits per heavy atom. The summed E-state index contributed by atoms with van der Waals surface area (Å²) in [4.78, 5) is 21.6. The molecule has 0 unspecified atom stereocenters. The minimum atomic E-state index is -0.142. The second-order valence-corrected chi connectivity index (χ2v) is 8.35. The van der Waals surface area contributed by atoms with Gasteiger partial charge in [-0.3, -0.25) is 9.36 Å². The highest BCUT2D eigenvalue weighted by atomic mass is 16.5. The van der Waals surface area contributed by atoms with Crippen molar-refractivity contribution in [2.24, 2.45) is 0 Å². The Kier molecular flexibility index (Phi) is 5.97. The van der Waals surface area contributed by atoms with Gasteiger partial charge < -0.3 is 14.8 Å². The number of aromatic hydroxyl groups is 1. The monoisotopic (exact) mass is 451 g/mol. The maximum Gasteiger partial charge on any atom is 0.278 e. The largest absolute Gasteiger partial charge is 0.508 e. The molecule has 3 aromatic carbocycles. The topological polar surface area (TPSA) is 80.1 Å². The van der Waals surface area contributed by atoms with Crippen LogP contribution in [0, 0.1) is 0 Å². The van der Waals surface area contributed by atoms with Crippen LogP contribution in [0.15, 0.2) is 89.9 Å². The number of nitrogens with one attached hydrogen (secondary N) is 1. The number of phenols is 1. The van der Waals surface area contributed by atoms with E-state index in [2.05, 4.69) is 17.1 Å². The van der Waals surface area contributed by atoms with Crippen LogP contribution in [0.25, 0.3) is 17.1 Å². The van der Waals surface area contributed by atoms with Gasteiger partial charge in [-0.15, -0.1) is 0 Å². The summed E-state index contributed by atoms with van der Waals surface area (Å²) in [6.45, 7) is 0.521. The number of aromatic nitrogens is 3. The number of rotatable bonds is 7. The lowest BCUT2D eigenvalue weighted by molar-refractivity contribution is 0.185. The average molecular weight is 452 g/mol. The van der Waals surface area contributed by atoms with E-state index < -0.39 is 0 Å². The number of hydrogen-bond acceptors (Lipinski definition) is 4. The Bertz CT molecular complexity index is 1450. The lowest BCUT2D eigenvalue weighted by Gasteiger charge is -2.13. The molecule has 0 aliphatic carbocycles. The highest BCUT2D eigenvalue weighted by molar-refractivity contribution is 5.62. The Morgan fingerprint density at radius 2 is 1.68 bits per heavy atom. The molecule has 2 aliphatic heterocycles. The van der Waals surface area contributed by atoms with Gasteiger partial charge in [0, 0.05) is 31.7 Å². The van der Waals surface area contributed by atoms with Gasteiger partial charge in [0.2, 0.25) is 0 Å². The zero-order valence-corrected chi connectivity index (χ0v) is 18.9. The molecule has 0 aromatic heterocycles. The average Bonchev–Trinajstić information content (AvgIpc) is 3.16. The summed E-state index contributed by atoms with van der Waals surface area (Å²) < 4.78 is 6.85. The van der Waals surface area contributed by atoms with Crippen molar-refractivity contribution in [3.05, 3.63) is 123 Å². The van der Waals surface area contributed by atoms with Crippen molar-refractivity contribution in [1.82, 2.24) is 14.5 Å². The summed E-state index contributed by atoms with van der Waals surface area (Å²) in [5.74, 6) is 0.779. The van der Waals surface area contributed by atoms with Gasteiger partial charge in [0.15, 0.2) is 5.82 Å². The zero-order chi connectivity index (χ0) is 23.5. The summed E-state index contributed by atoms with van der Waals surface area (Å²) in [5.41, 5.74) is 5.89. The third-order valence-electron chi connectivity index (χ3n) is 5.80. The predicted molar refractivity (Wildman–Crippen MR) is 132 cm³/mol. The van der Waals surface area contributed by atoms with Crippen LogP contribution in [0.3, 0.4) is 0 Å². The highest BCUT2D eigenvalue weighted by Crippen LogP contribution is 2.26. The number of phenolic OH excluding ortho intramolecular Hbond substituents is 1. The standard InChI is InChI=1S/C28H25N3O3/c1-34-18-21-10-5-9-20(13-21)15-25-28(33)31-17-26(22-11-6-12-23(32)16-22)29-24(27(31)30-25)14-19-7-3-2-4-8-19/h2-13,16-17,29,32H,14-15,18H2,1H3. The van der Waals surface area contributed by atoms with Crippen molar-refractivity contribution >= 4 is 0 Å². The fourth-order valence-electron chi connectivity index (χ4n) is 4.23. The van der Waals surface area contributed by atoms with Crippen LogP contribution in [0.5, 0.6) is 5.75 Å². The number of aromatic amines is 1. The van der Waals surface area contributed by atoms with Crippen molar-refractivity contribution in [1.29, 1.82) is 0 Å². The van der Waals surface area contributed by atoms with Gasteiger partial charge in [-0.05, 0) is 28.8 Å². The summed E-state index contributed by atoms with van der Waals surface area (Å²) >= 11 is 0. The van der Waals surface area contributed by atoms with E-state index in [1.165, 1.54) is 0 Å². The van der Waals surface area contributed by atoms with Gasteiger partial charge >= 0.3 is 0 Å². The van der Waals surface area contributed by atoms with Crippen molar-refractivity contribution in [2.45, 2.75) is 19.4 Å². The predicted octanol–water partition coefficient (Wildman–Crippen LogP) is 4.70. The molecule has 6 nitrogen and oxygen atoms in total. The number of benzene rings is 3. The molecule has 0 saturated heterocycles. The second-order valence-electron chi connectivity index (χ2n) is 8.35. The Labute approximate surface area is 197 Å². The highest BCUT2D eigenvalue weighted by Gasteiger charge is 2.20. The minimum absolute atomic E-state index is 0.142. The zero-order valence-electron chi connectivity index (χ0n) is 18.9. The first kappa shape index (κ1) is 21.7. The van der Waals surface area contributed by atoms with Gasteiger partial charge in [-0.2, -0.15) is 0 Å². The summed E-state index contributed by atoms with van der Waals surface area (Å²) in [5, 5.41) is 9.97. The van der Waals surface area contributed by atoms with E-state index >= 15 is 0 Å². The van der Waals surface area contributed by atoms with Crippen LogP contribution in [0.1, 0.15) is 28.1 Å². The van der Waals surface area contributed by atoms with Gasteiger partial charge in [0.25, 0.3) is 5.56 Å². The molecule has 170 valence electrons. The summed E-state index contributed by atoms with van der Waals surface area (Å²) in [6, 6.07) is 25.1. The van der Waals surface area contributed by atoms with Crippen molar-refractivity contribution in [3.8, 4) is 22.8 Å². The molecule has 2 N–H and O–H groups in total. The minimum Gasteiger partial charge on any atom is -0.508 e. The fourth-order valence-corrected chi connectivity index (χ4v) is 4.23. The van der Waals surface area contributed by atoms with Gasteiger partial charge in [-0.1, -0.05) is 66.7 Å². The van der Waals surface area contributed by atoms with Crippen LogP contribution in [-0.4, -0.2) is 26.8 Å². The first-order valence-electron chi connectivity index (χ1n) is 11.1. The molecule has 0 fully saturated rings. The molecule has 2 heterocycles. The second kappa shape index (κ2) is 9.37. The van der Waals surface area contributed by atoms with E-state index in [1.807, 2.05) is 48.5 Å². The Balaban J connectivity index is 1.61. The molecular formula is C28H25N3O3. The Hall–Kier alpha value is -4.16. The van der Waals surface area contributed by atoms with Crippen LogP contribution in [0.4, 0.5) is 0 Å². The third kappa shape index (κ3) is 4.49. The van der Waals surface area contributed by atoms with Gasteiger partial charge in [-0.25, -0.2) is 4.98 Å². The first-order chi connectivity index (χ1) is 16.6. The van der Waals surface area contributed by atoms with E-state index in [-0.39, 0.29) is 11.3 Å². The number of hydrogen-bond donors (Lipinski definition) is 2. The molecule has 0 spiro atoms. The molecule has 0 bridgehead atoms. The van der Waals surface area contributed by atoms with Crippen LogP contribution in [0.2, 0.25) is 0 Å². The van der Waals surface area contributed by atoms with Crippen molar-refractivity contribution < 1.29 is 9.84 Å². The van der Waals surface area contributed by atoms with E-state index in [0.29, 0.717) is 31.0 Å². The van der Waals surface area contributed by atoms with E-state index in [1.54, 1.807) is 36.1 Å². The number of nitrogens with zero attached hydrogens (tertiary/aromatic N) is 2. The number of ether oxygens (including phenoxy) is 1. The molecule has 2 aliphatic rings. The molecule has 0 atom stereocenters. The number of imidazole rings is 1. The quantitative estimate of drug-likeness (QED) is 0.376. The molecule has 34 heavy (non-hydrogen) atoms. The lowest BCUT2D eigenvalue weighted by Crippen LogP contribution is -2.17. The summed E-state index contributed by atoms with van der Waals surface area (Å²) in [6.07, 6.45) is 2.79. The van der Waals surface area contributed by atoms with Crippen LogP contribution < -0.4 is 5.56 Å². The number of methoxy groups -OCH3 is 1. The smallest absolute Gasteiger partial charge is 0.278 e. The van der Waals surface area contributed by atoms with E-state index in [4.69, 9.17) is 9.72 Å². The maximum absolute atomic E-state index is 13.4. The van der Waals surface area contributed by atoms with Gasteiger partial charge in [0.1, 0.15) is 11.4 Å². The molecule has 0 saturated carbocycles. The van der Waals surface area contributed by atoms with Gasteiger partial charge in [0.05, 0.1) is 18.0 Å². The lowest BCUT2D eigenvalue weighted by atomic mass is 10.1. The molecule has 5 rings (SSSR count). The SMILES string of the molecule is COCc1cccc(Cc2nc3c(Cc4ccccc4)[nH]c(-c4cccc(O)c4)cn-3c2=O)c1.